The van der Waals surface area contributed by atoms with Gasteiger partial charge in [-0.15, -0.1) is 0 Å². The minimum Gasteiger partial charge on any atom is -0.477 e. The van der Waals surface area contributed by atoms with E-state index in [1.54, 1.807) is 26.0 Å². The number of carboxylic acid groups (broad SMARTS) is 1. The zero-order valence-corrected chi connectivity index (χ0v) is 12.1. The number of nitrogens with zero attached hydrogens (tertiary/aromatic N) is 1. The fraction of sp³-hybridized carbons (Fsp3) is 0.250. The van der Waals surface area contributed by atoms with Crippen molar-refractivity contribution in [3.63, 3.8) is 0 Å². The van der Waals surface area contributed by atoms with Gasteiger partial charge in [0.2, 0.25) is 0 Å². The fourth-order valence-electron chi connectivity index (χ4n) is 2.36. The van der Waals surface area contributed by atoms with Crippen molar-refractivity contribution in [2.75, 3.05) is 0 Å². The van der Waals surface area contributed by atoms with E-state index in [1.165, 1.54) is 16.7 Å². The van der Waals surface area contributed by atoms with Crippen molar-refractivity contribution in [1.29, 1.82) is 0 Å². The highest BCUT2D eigenvalue weighted by Crippen LogP contribution is 2.14. The van der Waals surface area contributed by atoms with Gasteiger partial charge < -0.3 is 9.67 Å². The Morgan fingerprint density at radius 3 is 2.48 bits per heavy atom. The molecule has 0 unspecified atom stereocenters. The van der Waals surface area contributed by atoms with E-state index < -0.39 is 11.5 Å². The summed E-state index contributed by atoms with van der Waals surface area (Å²) in [4.78, 5) is 23.5. The Labute approximate surface area is 121 Å². The van der Waals surface area contributed by atoms with Crippen molar-refractivity contribution in [3.8, 4) is 0 Å². The number of benzene rings is 1. The first kappa shape index (κ1) is 15.0. The Morgan fingerprint density at radius 1 is 1.19 bits per heavy atom. The van der Waals surface area contributed by atoms with Crippen molar-refractivity contribution in [2.24, 2.45) is 0 Å². The van der Waals surface area contributed by atoms with E-state index in [2.05, 4.69) is 0 Å². The number of aryl methyl sites for hydroxylation is 3. The minimum absolute atomic E-state index is 0.148. The molecule has 0 spiro atoms. The van der Waals surface area contributed by atoms with Crippen LogP contribution in [0.25, 0.3) is 0 Å². The summed E-state index contributed by atoms with van der Waals surface area (Å²) in [6.45, 7) is 5.29. The highest BCUT2D eigenvalue weighted by Gasteiger charge is 2.17. The van der Waals surface area contributed by atoms with E-state index in [0.29, 0.717) is 16.8 Å². The third-order valence-corrected chi connectivity index (χ3v) is 3.56. The molecule has 0 amide bonds. The molecular formula is C16H16FNO3. The SMILES string of the molecule is Cc1ccc(F)cc1Cn1c(C)cc(C)c(C(=O)O)c1=O. The number of hydrogen-bond donors (Lipinski definition) is 1. The van der Waals surface area contributed by atoms with Crippen LogP contribution in [0.15, 0.2) is 29.1 Å². The summed E-state index contributed by atoms with van der Waals surface area (Å²) in [5.74, 6) is -1.63. The standard InChI is InChI=1S/C16H16FNO3/c1-9-4-5-13(17)7-12(9)8-18-11(3)6-10(2)14(15(18)19)16(20)21/h4-7H,8H2,1-3H3,(H,20,21). The van der Waals surface area contributed by atoms with Gasteiger partial charge in [-0.05, 0) is 55.7 Å². The van der Waals surface area contributed by atoms with Gasteiger partial charge in [-0.1, -0.05) is 6.07 Å². The molecule has 5 heteroatoms. The predicted molar refractivity (Wildman–Crippen MR) is 77.4 cm³/mol. The maximum absolute atomic E-state index is 13.3. The first-order chi connectivity index (χ1) is 9.81. The van der Waals surface area contributed by atoms with Gasteiger partial charge in [0, 0.05) is 5.69 Å². The molecule has 21 heavy (non-hydrogen) atoms. The summed E-state index contributed by atoms with van der Waals surface area (Å²) < 4.78 is 14.7. The van der Waals surface area contributed by atoms with E-state index >= 15 is 0 Å². The number of hydrogen-bond acceptors (Lipinski definition) is 2. The summed E-state index contributed by atoms with van der Waals surface area (Å²) in [5, 5.41) is 9.15. The first-order valence-corrected chi connectivity index (χ1v) is 6.50. The predicted octanol–water partition coefficient (Wildman–Crippen LogP) is 2.66. The molecule has 0 aliphatic heterocycles. The summed E-state index contributed by atoms with van der Waals surface area (Å²) in [5.41, 5.74) is 1.77. The summed E-state index contributed by atoms with van der Waals surface area (Å²) in [6, 6.07) is 6.00. The Hall–Kier alpha value is -2.43. The molecule has 0 saturated carbocycles. The first-order valence-electron chi connectivity index (χ1n) is 6.50. The van der Waals surface area contributed by atoms with Crippen LogP contribution in [-0.4, -0.2) is 15.6 Å². The maximum Gasteiger partial charge on any atom is 0.341 e. The van der Waals surface area contributed by atoms with Crippen molar-refractivity contribution in [2.45, 2.75) is 27.3 Å². The molecule has 2 rings (SSSR count). The van der Waals surface area contributed by atoms with Crippen LogP contribution in [0.3, 0.4) is 0 Å². The number of rotatable bonds is 3. The lowest BCUT2D eigenvalue weighted by molar-refractivity contribution is 0.0693. The van der Waals surface area contributed by atoms with Crippen LogP contribution in [-0.2, 0) is 6.54 Å². The molecule has 1 heterocycles. The molecule has 4 nitrogen and oxygen atoms in total. The molecule has 0 saturated heterocycles. The van der Waals surface area contributed by atoms with Crippen molar-refractivity contribution >= 4 is 5.97 Å². The highest BCUT2D eigenvalue weighted by molar-refractivity contribution is 5.88. The minimum atomic E-state index is -1.25. The molecule has 0 bridgehead atoms. The number of pyridine rings is 1. The van der Waals surface area contributed by atoms with E-state index in [1.807, 2.05) is 6.92 Å². The average Bonchev–Trinajstić information content (AvgIpc) is 2.37. The number of carbonyl (C=O) groups is 1. The average molecular weight is 289 g/mol. The van der Waals surface area contributed by atoms with Crippen LogP contribution in [0.5, 0.6) is 0 Å². The zero-order chi connectivity index (χ0) is 15.7. The van der Waals surface area contributed by atoms with Gasteiger partial charge in [0.15, 0.2) is 0 Å². The molecular weight excluding hydrogens is 273 g/mol. The Bertz CT molecular complexity index is 778. The molecule has 1 aromatic heterocycles. The second kappa shape index (κ2) is 5.52. The highest BCUT2D eigenvalue weighted by atomic mass is 19.1. The molecule has 0 aliphatic carbocycles. The van der Waals surface area contributed by atoms with Gasteiger partial charge >= 0.3 is 5.97 Å². The van der Waals surface area contributed by atoms with E-state index in [0.717, 1.165) is 5.56 Å². The lowest BCUT2D eigenvalue weighted by Gasteiger charge is -2.14. The molecule has 0 aliphatic rings. The molecule has 1 N–H and O–H groups in total. The molecule has 0 atom stereocenters. The normalized spacial score (nSPS) is 10.7. The van der Waals surface area contributed by atoms with Crippen LogP contribution in [0, 0.1) is 26.6 Å². The molecule has 0 fully saturated rings. The second-order valence-electron chi connectivity index (χ2n) is 5.11. The molecule has 1 aromatic carbocycles. The Morgan fingerprint density at radius 2 is 1.86 bits per heavy atom. The number of aromatic nitrogens is 1. The fourth-order valence-corrected chi connectivity index (χ4v) is 2.36. The smallest absolute Gasteiger partial charge is 0.341 e. The van der Waals surface area contributed by atoms with Gasteiger partial charge in [0.05, 0.1) is 6.54 Å². The van der Waals surface area contributed by atoms with E-state index in [-0.39, 0.29) is 17.9 Å². The maximum atomic E-state index is 13.3. The zero-order valence-electron chi connectivity index (χ0n) is 12.1. The van der Waals surface area contributed by atoms with Gasteiger partial charge in [0.1, 0.15) is 11.4 Å². The van der Waals surface area contributed by atoms with E-state index in [9.17, 15) is 14.0 Å². The topological polar surface area (TPSA) is 59.3 Å². The van der Waals surface area contributed by atoms with Gasteiger partial charge in [-0.3, -0.25) is 4.79 Å². The molecule has 110 valence electrons. The van der Waals surface area contributed by atoms with Gasteiger partial charge in [-0.2, -0.15) is 0 Å². The Kier molecular flexibility index (Phi) is 3.93. The number of aromatic carboxylic acids is 1. The molecule has 0 radical (unpaired) electrons. The van der Waals surface area contributed by atoms with Crippen molar-refractivity contribution < 1.29 is 14.3 Å². The van der Waals surface area contributed by atoms with Crippen LogP contribution in [0.4, 0.5) is 4.39 Å². The van der Waals surface area contributed by atoms with Gasteiger partial charge in [0.25, 0.3) is 5.56 Å². The summed E-state index contributed by atoms with van der Waals surface area (Å²) in [7, 11) is 0. The van der Waals surface area contributed by atoms with Crippen LogP contribution in [0.1, 0.15) is 32.7 Å². The largest absolute Gasteiger partial charge is 0.477 e. The van der Waals surface area contributed by atoms with Crippen molar-refractivity contribution in [3.05, 3.63) is 68.4 Å². The number of halogens is 1. The van der Waals surface area contributed by atoms with Crippen LogP contribution in [0.2, 0.25) is 0 Å². The van der Waals surface area contributed by atoms with E-state index in [4.69, 9.17) is 5.11 Å². The van der Waals surface area contributed by atoms with Gasteiger partial charge in [-0.25, -0.2) is 9.18 Å². The second-order valence-corrected chi connectivity index (χ2v) is 5.11. The third kappa shape index (κ3) is 2.86. The summed E-state index contributed by atoms with van der Waals surface area (Å²) >= 11 is 0. The lowest BCUT2D eigenvalue weighted by atomic mass is 10.1. The lowest BCUT2D eigenvalue weighted by Crippen LogP contribution is -2.29. The summed E-state index contributed by atoms with van der Waals surface area (Å²) in [6.07, 6.45) is 0. The quantitative estimate of drug-likeness (QED) is 0.945. The third-order valence-electron chi connectivity index (χ3n) is 3.56. The van der Waals surface area contributed by atoms with Crippen molar-refractivity contribution in [1.82, 2.24) is 4.57 Å². The monoisotopic (exact) mass is 289 g/mol. The van der Waals surface area contributed by atoms with Crippen LogP contribution < -0.4 is 5.56 Å². The van der Waals surface area contributed by atoms with Crippen LogP contribution >= 0.6 is 0 Å². The Balaban J connectivity index is 2.60. The molecule has 2 aromatic rings. The number of carboxylic acids is 1.